The molecule has 0 aromatic heterocycles. The van der Waals surface area contributed by atoms with Crippen LogP contribution in [0.15, 0.2) is 24.3 Å². The number of rotatable bonds is 3. The van der Waals surface area contributed by atoms with E-state index in [2.05, 4.69) is 0 Å². The first-order valence-corrected chi connectivity index (χ1v) is 5.62. The Hall–Kier alpha value is -1.62. The molecule has 92 valence electrons. The molecule has 17 heavy (non-hydrogen) atoms. The van der Waals surface area contributed by atoms with Crippen molar-refractivity contribution in [3.05, 3.63) is 35.6 Å². The van der Waals surface area contributed by atoms with Crippen molar-refractivity contribution in [2.24, 2.45) is 5.73 Å². The Morgan fingerprint density at radius 2 is 2.35 bits per heavy atom. The fourth-order valence-electron chi connectivity index (χ4n) is 1.92. The molecule has 1 aromatic carbocycles. The smallest absolute Gasteiger partial charge is 0.410 e. The van der Waals surface area contributed by atoms with Gasteiger partial charge in [0.25, 0.3) is 0 Å². The Labute approximate surface area is 99.2 Å². The topological polar surface area (TPSA) is 55.6 Å². The van der Waals surface area contributed by atoms with Crippen LogP contribution in [0, 0.1) is 5.82 Å². The average Bonchev–Trinajstić information content (AvgIpc) is 2.32. The van der Waals surface area contributed by atoms with Crippen molar-refractivity contribution in [2.75, 3.05) is 19.6 Å². The van der Waals surface area contributed by atoms with Crippen LogP contribution in [-0.4, -0.2) is 30.6 Å². The van der Waals surface area contributed by atoms with E-state index in [4.69, 9.17) is 10.5 Å². The standard InChI is InChI=1S/C12H15FN2O2/c13-10-3-1-2-9(8-10)11-4-6-15(7-5-14)12(16)17-11/h1-3,8,11H,4-7,14H2. The number of benzene rings is 1. The molecular weight excluding hydrogens is 223 g/mol. The second-order valence-corrected chi connectivity index (χ2v) is 3.99. The minimum Gasteiger partial charge on any atom is -0.441 e. The van der Waals surface area contributed by atoms with E-state index in [0.29, 0.717) is 31.6 Å². The Morgan fingerprint density at radius 1 is 1.53 bits per heavy atom. The van der Waals surface area contributed by atoms with Crippen LogP contribution in [0.5, 0.6) is 0 Å². The monoisotopic (exact) mass is 238 g/mol. The average molecular weight is 238 g/mol. The van der Waals surface area contributed by atoms with Gasteiger partial charge in [-0.05, 0) is 17.7 Å². The lowest BCUT2D eigenvalue weighted by atomic mass is 10.1. The minimum absolute atomic E-state index is 0.317. The zero-order valence-electron chi connectivity index (χ0n) is 9.43. The van der Waals surface area contributed by atoms with Gasteiger partial charge in [-0.15, -0.1) is 0 Å². The van der Waals surface area contributed by atoms with Crippen LogP contribution in [0.1, 0.15) is 18.1 Å². The quantitative estimate of drug-likeness (QED) is 0.871. The summed E-state index contributed by atoms with van der Waals surface area (Å²) in [4.78, 5) is 13.2. The van der Waals surface area contributed by atoms with E-state index in [1.165, 1.54) is 12.1 Å². The van der Waals surface area contributed by atoms with Crippen LogP contribution in [0.25, 0.3) is 0 Å². The Morgan fingerprint density at radius 3 is 3.00 bits per heavy atom. The maximum atomic E-state index is 13.0. The Bertz CT molecular complexity index is 411. The van der Waals surface area contributed by atoms with Crippen LogP contribution >= 0.6 is 0 Å². The van der Waals surface area contributed by atoms with Gasteiger partial charge in [0.05, 0.1) is 0 Å². The van der Waals surface area contributed by atoms with Gasteiger partial charge in [-0.2, -0.15) is 0 Å². The minimum atomic E-state index is -0.379. The molecule has 2 rings (SSSR count). The lowest BCUT2D eigenvalue weighted by molar-refractivity contribution is 0.0251. The number of halogens is 1. The van der Waals surface area contributed by atoms with Crippen LogP contribution in [0.3, 0.4) is 0 Å². The second-order valence-electron chi connectivity index (χ2n) is 3.99. The Kier molecular flexibility index (Phi) is 3.58. The number of amides is 1. The molecule has 1 amide bonds. The number of nitrogens with zero attached hydrogens (tertiary/aromatic N) is 1. The zero-order chi connectivity index (χ0) is 12.3. The van der Waals surface area contributed by atoms with Crippen molar-refractivity contribution in [2.45, 2.75) is 12.5 Å². The highest BCUT2D eigenvalue weighted by Crippen LogP contribution is 2.26. The number of nitrogens with two attached hydrogens (primary N) is 1. The first-order chi connectivity index (χ1) is 8.20. The Balaban J connectivity index is 2.04. The van der Waals surface area contributed by atoms with Crippen molar-refractivity contribution < 1.29 is 13.9 Å². The number of carbonyl (C=O) groups excluding carboxylic acids is 1. The molecule has 0 saturated carbocycles. The third kappa shape index (κ3) is 2.74. The highest BCUT2D eigenvalue weighted by molar-refractivity contribution is 5.68. The van der Waals surface area contributed by atoms with E-state index in [9.17, 15) is 9.18 Å². The van der Waals surface area contributed by atoms with Gasteiger partial charge in [0.1, 0.15) is 11.9 Å². The molecule has 0 spiro atoms. The summed E-state index contributed by atoms with van der Waals surface area (Å²) < 4.78 is 18.3. The molecule has 0 bridgehead atoms. The van der Waals surface area contributed by atoms with Crippen LogP contribution in [-0.2, 0) is 4.74 Å². The van der Waals surface area contributed by atoms with Crippen molar-refractivity contribution in [1.29, 1.82) is 0 Å². The largest absolute Gasteiger partial charge is 0.441 e. The van der Waals surface area contributed by atoms with Crippen LogP contribution in [0.2, 0.25) is 0 Å². The van der Waals surface area contributed by atoms with Gasteiger partial charge in [0.2, 0.25) is 0 Å². The number of hydrogen-bond donors (Lipinski definition) is 1. The summed E-state index contributed by atoms with van der Waals surface area (Å²) in [6.07, 6.45) is -0.0713. The first-order valence-electron chi connectivity index (χ1n) is 5.62. The summed E-state index contributed by atoms with van der Waals surface area (Å²) in [6.45, 7) is 1.51. The third-order valence-corrected chi connectivity index (χ3v) is 2.78. The fourth-order valence-corrected chi connectivity index (χ4v) is 1.92. The van der Waals surface area contributed by atoms with Crippen molar-refractivity contribution in [1.82, 2.24) is 4.90 Å². The van der Waals surface area contributed by atoms with E-state index in [0.717, 1.165) is 0 Å². The predicted octanol–water partition coefficient (Wildman–Crippen LogP) is 1.67. The third-order valence-electron chi connectivity index (χ3n) is 2.78. The summed E-state index contributed by atoms with van der Waals surface area (Å²) in [6, 6.07) is 6.15. The molecule has 5 heteroatoms. The summed E-state index contributed by atoms with van der Waals surface area (Å²) in [5.74, 6) is -0.317. The van der Waals surface area contributed by atoms with Gasteiger partial charge in [0, 0.05) is 26.1 Å². The SMILES string of the molecule is NCCN1CCC(c2cccc(F)c2)OC1=O. The molecule has 0 aliphatic carbocycles. The van der Waals surface area contributed by atoms with Gasteiger partial charge in [-0.25, -0.2) is 9.18 Å². The molecule has 1 fully saturated rings. The highest BCUT2D eigenvalue weighted by atomic mass is 19.1. The number of cyclic esters (lactones) is 1. The maximum Gasteiger partial charge on any atom is 0.410 e. The van der Waals surface area contributed by atoms with Crippen LogP contribution < -0.4 is 5.73 Å². The molecule has 1 aliphatic rings. The lowest BCUT2D eigenvalue weighted by Gasteiger charge is -2.31. The van der Waals surface area contributed by atoms with E-state index in [-0.39, 0.29) is 18.0 Å². The number of ether oxygens (including phenoxy) is 1. The predicted molar refractivity (Wildman–Crippen MR) is 60.9 cm³/mol. The first kappa shape index (κ1) is 11.9. The summed E-state index contributed by atoms with van der Waals surface area (Å²) >= 11 is 0. The van der Waals surface area contributed by atoms with Gasteiger partial charge in [-0.1, -0.05) is 12.1 Å². The van der Waals surface area contributed by atoms with E-state index in [1.54, 1.807) is 17.0 Å². The summed E-state index contributed by atoms with van der Waals surface area (Å²) in [7, 11) is 0. The number of carbonyl (C=O) groups is 1. The van der Waals surface area contributed by atoms with Gasteiger partial charge < -0.3 is 15.4 Å². The second kappa shape index (κ2) is 5.14. The molecule has 1 atom stereocenters. The molecule has 1 aliphatic heterocycles. The van der Waals surface area contributed by atoms with E-state index in [1.807, 2.05) is 0 Å². The lowest BCUT2D eigenvalue weighted by Crippen LogP contribution is -2.41. The molecule has 1 saturated heterocycles. The van der Waals surface area contributed by atoms with Crippen molar-refractivity contribution in [3.8, 4) is 0 Å². The van der Waals surface area contributed by atoms with Crippen LogP contribution in [0.4, 0.5) is 9.18 Å². The highest BCUT2D eigenvalue weighted by Gasteiger charge is 2.27. The normalized spacial score (nSPS) is 20.2. The van der Waals surface area contributed by atoms with Crippen molar-refractivity contribution in [3.63, 3.8) is 0 Å². The molecule has 4 nitrogen and oxygen atoms in total. The molecule has 0 radical (unpaired) electrons. The summed E-state index contributed by atoms with van der Waals surface area (Å²) in [5, 5.41) is 0. The van der Waals surface area contributed by atoms with E-state index >= 15 is 0 Å². The van der Waals surface area contributed by atoms with Gasteiger partial charge in [-0.3, -0.25) is 0 Å². The summed E-state index contributed by atoms with van der Waals surface area (Å²) in [5.41, 5.74) is 6.09. The zero-order valence-corrected chi connectivity index (χ0v) is 9.43. The number of hydrogen-bond acceptors (Lipinski definition) is 3. The van der Waals surface area contributed by atoms with Gasteiger partial charge in [0.15, 0.2) is 0 Å². The molecule has 1 unspecified atom stereocenters. The maximum absolute atomic E-state index is 13.0. The van der Waals surface area contributed by atoms with E-state index < -0.39 is 0 Å². The van der Waals surface area contributed by atoms with Gasteiger partial charge >= 0.3 is 6.09 Å². The molecule has 2 N–H and O–H groups in total. The molecule has 1 aromatic rings. The molecule has 1 heterocycles. The van der Waals surface area contributed by atoms with Crippen molar-refractivity contribution >= 4 is 6.09 Å². The molecular formula is C12H15FN2O2. The fraction of sp³-hybridized carbons (Fsp3) is 0.417.